The highest BCUT2D eigenvalue weighted by Gasteiger charge is 2.27. The molecule has 0 radical (unpaired) electrons. The molecule has 2 atom stereocenters. The molecule has 0 bridgehead atoms. The Morgan fingerprint density at radius 2 is 2.00 bits per heavy atom. The molecule has 2 heterocycles. The number of aromatic nitrogens is 2. The fourth-order valence-electron chi connectivity index (χ4n) is 2.91. The number of aromatic amines is 2. The Bertz CT molecular complexity index is 720. The molecule has 3 rings (SSSR count). The molecule has 1 aromatic heterocycles. The third-order valence-electron chi connectivity index (χ3n) is 4.14. The normalized spacial score (nSPS) is 19.4. The molecular formula is C15H18N3OS+. The van der Waals surface area contributed by atoms with Gasteiger partial charge < -0.3 is 9.88 Å². The van der Waals surface area contributed by atoms with E-state index >= 15 is 0 Å². The molecule has 1 aromatic carbocycles. The summed E-state index contributed by atoms with van der Waals surface area (Å²) in [6.07, 6.45) is 0.870. The molecule has 3 N–H and O–H groups in total. The van der Waals surface area contributed by atoms with E-state index in [9.17, 15) is 4.79 Å². The molecule has 1 aliphatic rings. The third kappa shape index (κ3) is 2.46. The molecule has 5 heteroatoms. The van der Waals surface area contributed by atoms with Crippen LogP contribution in [0.1, 0.15) is 29.8 Å². The van der Waals surface area contributed by atoms with E-state index in [0.717, 1.165) is 30.8 Å². The maximum Gasteiger partial charge on any atom is 0.260 e. The topological polar surface area (TPSA) is 53.1 Å². The second kappa shape index (κ2) is 5.34. The predicted molar refractivity (Wildman–Crippen MR) is 80.3 cm³/mol. The van der Waals surface area contributed by atoms with Gasteiger partial charge in [-0.05, 0) is 19.1 Å². The first-order chi connectivity index (χ1) is 9.65. The van der Waals surface area contributed by atoms with E-state index in [0.29, 0.717) is 10.8 Å². The van der Waals surface area contributed by atoms with Gasteiger partial charge in [0.25, 0.3) is 5.56 Å². The van der Waals surface area contributed by atoms with E-state index < -0.39 is 0 Å². The fourth-order valence-corrected chi connectivity index (χ4v) is 3.12. The zero-order valence-electron chi connectivity index (χ0n) is 11.4. The van der Waals surface area contributed by atoms with E-state index in [1.54, 1.807) is 0 Å². The van der Waals surface area contributed by atoms with Crippen LogP contribution in [0.4, 0.5) is 0 Å². The second-order valence-corrected chi connectivity index (χ2v) is 5.74. The first kappa shape index (κ1) is 13.3. The van der Waals surface area contributed by atoms with Crippen LogP contribution in [-0.4, -0.2) is 16.5 Å². The molecule has 0 saturated carbocycles. The van der Waals surface area contributed by atoms with Gasteiger partial charge in [-0.1, -0.05) is 30.3 Å². The van der Waals surface area contributed by atoms with Crippen molar-refractivity contribution in [1.82, 2.24) is 9.97 Å². The van der Waals surface area contributed by atoms with E-state index in [1.807, 2.05) is 6.07 Å². The van der Waals surface area contributed by atoms with Crippen LogP contribution in [0.15, 0.2) is 35.1 Å². The quantitative estimate of drug-likeness (QED) is 0.726. The van der Waals surface area contributed by atoms with Crippen molar-refractivity contribution in [3.05, 3.63) is 62.3 Å². The van der Waals surface area contributed by atoms with Crippen LogP contribution in [0.25, 0.3) is 0 Å². The summed E-state index contributed by atoms with van der Waals surface area (Å²) in [5.41, 5.74) is 3.12. The summed E-state index contributed by atoms with van der Waals surface area (Å²) in [5.74, 6) is 0. The summed E-state index contributed by atoms with van der Waals surface area (Å²) in [5, 5.41) is 0. The van der Waals surface area contributed by atoms with E-state index in [2.05, 4.69) is 41.2 Å². The molecule has 0 saturated heterocycles. The Balaban J connectivity index is 1.89. The van der Waals surface area contributed by atoms with Crippen LogP contribution in [0.2, 0.25) is 0 Å². The number of H-pyrrole nitrogens is 2. The van der Waals surface area contributed by atoms with Crippen molar-refractivity contribution in [2.75, 3.05) is 6.54 Å². The van der Waals surface area contributed by atoms with Crippen molar-refractivity contribution in [3.63, 3.8) is 0 Å². The minimum absolute atomic E-state index is 0.0405. The van der Waals surface area contributed by atoms with Crippen LogP contribution < -0.4 is 10.5 Å². The smallest absolute Gasteiger partial charge is 0.260 e. The highest BCUT2D eigenvalue weighted by molar-refractivity contribution is 7.71. The highest BCUT2D eigenvalue weighted by atomic mass is 32.1. The van der Waals surface area contributed by atoms with Crippen molar-refractivity contribution >= 4 is 12.2 Å². The lowest BCUT2D eigenvalue weighted by atomic mass is 10.0. The number of hydrogen-bond acceptors (Lipinski definition) is 2. The van der Waals surface area contributed by atoms with Crippen molar-refractivity contribution in [3.8, 4) is 0 Å². The Hall–Kier alpha value is -1.72. The second-order valence-electron chi connectivity index (χ2n) is 5.33. The molecule has 1 aliphatic heterocycles. The van der Waals surface area contributed by atoms with Gasteiger partial charge in [-0.15, -0.1) is 0 Å². The van der Waals surface area contributed by atoms with Gasteiger partial charge in [0.15, 0.2) is 4.77 Å². The van der Waals surface area contributed by atoms with Crippen LogP contribution in [0, 0.1) is 4.77 Å². The fraction of sp³-hybridized carbons (Fsp3) is 0.333. The minimum Gasteiger partial charge on any atom is -0.335 e. The maximum atomic E-state index is 12.0. The van der Waals surface area contributed by atoms with Gasteiger partial charge in [-0.25, -0.2) is 0 Å². The lowest BCUT2D eigenvalue weighted by molar-refractivity contribution is -0.945. The molecule has 104 valence electrons. The van der Waals surface area contributed by atoms with Crippen LogP contribution in [-0.2, 0) is 13.0 Å². The zero-order valence-corrected chi connectivity index (χ0v) is 12.2. The summed E-state index contributed by atoms with van der Waals surface area (Å²) in [7, 11) is 0. The largest absolute Gasteiger partial charge is 0.335 e. The Labute approximate surface area is 122 Å². The number of fused-ring (bicyclic) bond motifs is 1. The highest BCUT2D eigenvalue weighted by Crippen LogP contribution is 2.11. The van der Waals surface area contributed by atoms with Gasteiger partial charge in [0.1, 0.15) is 12.6 Å². The van der Waals surface area contributed by atoms with Gasteiger partial charge in [-0.3, -0.25) is 9.78 Å². The summed E-state index contributed by atoms with van der Waals surface area (Å²) < 4.78 is 0.424. The molecule has 0 fully saturated rings. The maximum absolute atomic E-state index is 12.0. The predicted octanol–water partition coefficient (Wildman–Crippen LogP) is 1.13. The standard InChI is InChI=1S/C15H17N3OS/c1-10(11-5-3-2-4-6-11)18-8-7-13-12(9-18)14(19)17-15(20)16-13/h2-6,10H,7-9H2,1H3,(H2,16,17,19,20)/p+1/t10-/m0/s1. The summed E-state index contributed by atoms with van der Waals surface area (Å²) in [6, 6.07) is 10.8. The van der Waals surface area contributed by atoms with Crippen molar-refractivity contribution < 1.29 is 4.90 Å². The lowest BCUT2D eigenvalue weighted by Gasteiger charge is -2.30. The average molecular weight is 288 g/mol. The molecule has 20 heavy (non-hydrogen) atoms. The van der Waals surface area contributed by atoms with E-state index in [1.165, 1.54) is 10.5 Å². The Morgan fingerprint density at radius 3 is 2.75 bits per heavy atom. The van der Waals surface area contributed by atoms with Crippen molar-refractivity contribution in [1.29, 1.82) is 0 Å². The van der Waals surface area contributed by atoms with E-state index in [-0.39, 0.29) is 5.56 Å². The molecule has 0 amide bonds. The zero-order chi connectivity index (χ0) is 14.1. The summed E-state index contributed by atoms with van der Waals surface area (Å²) in [6.45, 7) is 3.97. The van der Waals surface area contributed by atoms with Crippen LogP contribution in [0.3, 0.4) is 0 Å². The monoisotopic (exact) mass is 288 g/mol. The van der Waals surface area contributed by atoms with Gasteiger partial charge in [0.05, 0.1) is 12.1 Å². The number of benzene rings is 1. The molecule has 0 aliphatic carbocycles. The number of nitrogens with one attached hydrogen (secondary N) is 3. The molecule has 1 unspecified atom stereocenters. The summed E-state index contributed by atoms with van der Waals surface area (Å²) >= 11 is 5.02. The van der Waals surface area contributed by atoms with Gasteiger partial charge >= 0.3 is 0 Å². The van der Waals surface area contributed by atoms with Gasteiger partial charge in [0, 0.05) is 17.7 Å². The van der Waals surface area contributed by atoms with Crippen molar-refractivity contribution in [2.24, 2.45) is 0 Å². The SMILES string of the molecule is C[C@@H](c1ccccc1)[NH+]1CCc2[nH]c(=S)[nH]c(=O)c2C1. The number of rotatable bonds is 2. The van der Waals surface area contributed by atoms with Crippen LogP contribution in [0.5, 0.6) is 0 Å². The van der Waals surface area contributed by atoms with Crippen LogP contribution >= 0.6 is 12.2 Å². The lowest BCUT2D eigenvalue weighted by Crippen LogP contribution is -3.11. The average Bonchev–Trinajstić information content (AvgIpc) is 2.47. The molecular weight excluding hydrogens is 270 g/mol. The number of quaternary nitrogens is 1. The first-order valence-corrected chi connectivity index (χ1v) is 7.30. The van der Waals surface area contributed by atoms with E-state index in [4.69, 9.17) is 12.2 Å². The Morgan fingerprint density at radius 1 is 1.25 bits per heavy atom. The summed E-state index contributed by atoms with van der Waals surface area (Å²) in [4.78, 5) is 19.3. The van der Waals surface area contributed by atoms with Crippen molar-refractivity contribution in [2.45, 2.75) is 25.9 Å². The first-order valence-electron chi connectivity index (χ1n) is 6.89. The van der Waals surface area contributed by atoms with Gasteiger partial charge in [-0.2, -0.15) is 0 Å². The third-order valence-corrected chi connectivity index (χ3v) is 4.35. The minimum atomic E-state index is -0.0405. The molecule has 2 aromatic rings. The van der Waals surface area contributed by atoms with Gasteiger partial charge in [0.2, 0.25) is 0 Å². The Kier molecular flexibility index (Phi) is 3.54. The molecule has 0 spiro atoms. The number of hydrogen-bond donors (Lipinski definition) is 3. The molecule has 4 nitrogen and oxygen atoms in total.